The Morgan fingerprint density at radius 3 is 2.89 bits per heavy atom. The molecule has 0 bridgehead atoms. The highest BCUT2D eigenvalue weighted by molar-refractivity contribution is 14.0. The lowest BCUT2D eigenvalue weighted by molar-refractivity contribution is 0.197. The highest BCUT2D eigenvalue weighted by Gasteiger charge is 1.97. The van der Waals surface area contributed by atoms with Gasteiger partial charge in [0.25, 0.3) is 0 Å². The van der Waals surface area contributed by atoms with Crippen molar-refractivity contribution in [2.24, 2.45) is 4.99 Å². The van der Waals surface area contributed by atoms with Crippen molar-refractivity contribution in [3.05, 3.63) is 22.4 Å². The second kappa shape index (κ2) is 12.7. The van der Waals surface area contributed by atoms with Crippen LogP contribution < -0.4 is 10.6 Å². The Labute approximate surface area is 137 Å². The van der Waals surface area contributed by atoms with E-state index in [1.165, 1.54) is 4.88 Å². The molecule has 1 aromatic rings. The average Bonchev–Trinajstić information content (AvgIpc) is 2.87. The van der Waals surface area contributed by atoms with Crippen molar-refractivity contribution in [1.29, 1.82) is 0 Å². The van der Waals surface area contributed by atoms with Crippen LogP contribution in [0.4, 0.5) is 0 Å². The summed E-state index contributed by atoms with van der Waals surface area (Å²) in [4.78, 5) is 5.89. The van der Waals surface area contributed by atoms with Gasteiger partial charge in [-0.25, -0.2) is 0 Å². The largest absolute Gasteiger partial charge is 0.385 e. The van der Waals surface area contributed by atoms with E-state index in [9.17, 15) is 0 Å². The zero-order valence-corrected chi connectivity index (χ0v) is 14.8. The molecule has 0 saturated heterocycles. The van der Waals surface area contributed by atoms with Crippen LogP contribution in [0, 0.1) is 0 Å². The van der Waals surface area contributed by atoms with E-state index in [0.29, 0.717) is 0 Å². The van der Waals surface area contributed by atoms with Gasteiger partial charge in [-0.2, -0.15) is 0 Å². The number of halogens is 1. The number of nitrogens with zero attached hydrogens (tertiary/aromatic N) is 1. The predicted octanol–water partition coefficient (Wildman–Crippen LogP) is 2.50. The molecule has 0 radical (unpaired) electrons. The van der Waals surface area contributed by atoms with E-state index < -0.39 is 0 Å². The Morgan fingerprint density at radius 2 is 2.26 bits per heavy atom. The first-order valence-corrected chi connectivity index (χ1v) is 7.28. The number of nitrogens with one attached hydrogen (secondary N) is 2. The van der Waals surface area contributed by atoms with E-state index in [-0.39, 0.29) is 24.0 Å². The molecule has 0 aromatic carbocycles. The molecule has 19 heavy (non-hydrogen) atoms. The molecular formula is C13H24IN3OS. The lowest BCUT2D eigenvalue weighted by Crippen LogP contribution is -2.38. The summed E-state index contributed by atoms with van der Waals surface area (Å²) in [5, 5.41) is 8.69. The predicted molar refractivity (Wildman–Crippen MR) is 93.9 cm³/mol. The van der Waals surface area contributed by atoms with Crippen molar-refractivity contribution in [3.8, 4) is 0 Å². The molecule has 0 fully saturated rings. The molecule has 0 aliphatic rings. The first kappa shape index (κ1) is 18.7. The Hall–Kier alpha value is -0.340. The van der Waals surface area contributed by atoms with E-state index in [1.54, 1.807) is 18.4 Å². The molecule has 6 heteroatoms. The van der Waals surface area contributed by atoms with Gasteiger partial charge in [0.15, 0.2) is 5.96 Å². The van der Waals surface area contributed by atoms with Crippen molar-refractivity contribution < 1.29 is 4.74 Å². The number of rotatable bonds is 8. The van der Waals surface area contributed by atoms with Gasteiger partial charge < -0.3 is 15.4 Å². The quantitative estimate of drug-likeness (QED) is 0.307. The fourth-order valence-corrected chi connectivity index (χ4v) is 2.21. The standard InChI is InChI=1S/C13H23N3OS.HI/c1-3-14-13(15-8-5-10-17-2)16-9-7-12-6-4-11-18-12;/h4,6,11H,3,5,7-10H2,1-2H3,(H2,14,15,16);1H. The van der Waals surface area contributed by atoms with E-state index >= 15 is 0 Å². The highest BCUT2D eigenvalue weighted by Crippen LogP contribution is 2.07. The second-order valence-corrected chi connectivity index (χ2v) is 4.90. The summed E-state index contributed by atoms with van der Waals surface area (Å²) in [6, 6.07) is 4.25. The average molecular weight is 397 g/mol. The van der Waals surface area contributed by atoms with Crippen LogP contribution in [-0.4, -0.2) is 39.3 Å². The van der Waals surface area contributed by atoms with Crippen molar-refractivity contribution in [2.75, 3.05) is 33.4 Å². The first-order chi connectivity index (χ1) is 8.86. The third-order valence-corrected chi connectivity index (χ3v) is 3.30. The van der Waals surface area contributed by atoms with Gasteiger partial charge in [0, 0.05) is 38.2 Å². The molecule has 2 N–H and O–H groups in total. The van der Waals surface area contributed by atoms with Crippen LogP contribution in [0.5, 0.6) is 0 Å². The van der Waals surface area contributed by atoms with Crippen molar-refractivity contribution in [1.82, 2.24) is 10.6 Å². The molecule has 0 amide bonds. The number of hydrogen-bond acceptors (Lipinski definition) is 3. The number of aliphatic imine (C=N–C) groups is 1. The third-order valence-electron chi connectivity index (χ3n) is 2.36. The summed E-state index contributed by atoms with van der Waals surface area (Å²) < 4.78 is 5.01. The van der Waals surface area contributed by atoms with Crippen molar-refractivity contribution >= 4 is 41.3 Å². The lowest BCUT2D eigenvalue weighted by Gasteiger charge is -2.10. The number of thiophene rings is 1. The molecule has 0 spiro atoms. The Balaban J connectivity index is 0.00000324. The minimum absolute atomic E-state index is 0. The van der Waals surface area contributed by atoms with Crippen LogP contribution in [0.3, 0.4) is 0 Å². The van der Waals surface area contributed by atoms with Crippen LogP contribution in [-0.2, 0) is 11.2 Å². The Bertz CT molecular complexity index is 331. The summed E-state index contributed by atoms with van der Waals surface area (Å²) in [5.41, 5.74) is 0. The van der Waals surface area contributed by atoms with Gasteiger partial charge in [0.2, 0.25) is 0 Å². The molecule has 110 valence electrons. The molecule has 0 saturated carbocycles. The molecule has 1 heterocycles. The van der Waals surface area contributed by atoms with Crippen molar-refractivity contribution in [3.63, 3.8) is 0 Å². The maximum Gasteiger partial charge on any atom is 0.191 e. The van der Waals surface area contributed by atoms with Crippen LogP contribution in [0.2, 0.25) is 0 Å². The van der Waals surface area contributed by atoms with Gasteiger partial charge in [-0.15, -0.1) is 35.3 Å². The van der Waals surface area contributed by atoms with E-state index in [1.807, 2.05) is 0 Å². The molecular weight excluding hydrogens is 373 g/mol. The summed E-state index contributed by atoms with van der Waals surface area (Å²) in [5.74, 6) is 0.894. The van der Waals surface area contributed by atoms with Gasteiger partial charge in [0.05, 0.1) is 0 Å². The molecule has 0 aliphatic heterocycles. The molecule has 0 atom stereocenters. The number of methoxy groups -OCH3 is 1. The normalized spacial score (nSPS) is 10.9. The Morgan fingerprint density at radius 1 is 1.42 bits per heavy atom. The summed E-state index contributed by atoms with van der Waals surface area (Å²) >= 11 is 1.80. The molecule has 1 rings (SSSR count). The Kier molecular flexibility index (Phi) is 12.5. The van der Waals surface area contributed by atoms with Crippen LogP contribution in [0.25, 0.3) is 0 Å². The zero-order valence-electron chi connectivity index (χ0n) is 11.6. The van der Waals surface area contributed by atoms with Gasteiger partial charge >= 0.3 is 0 Å². The fourth-order valence-electron chi connectivity index (χ4n) is 1.50. The third kappa shape index (κ3) is 9.23. The maximum absolute atomic E-state index is 5.01. The van der Waals surface area contributed by atoms with Crippen LogP contribution in [0.15, 0.2) is 22.5 Å². The second-order valence-electron chi connectivity index (χ2n) is 3.86. The molecule has 0 aliphatic carbocycles. The minimum Gasteiger partial charge on any atom is -0.385 e. The lowest BCUT2D eigenvalue weighted by atomic mass is 10.3. The van der Waals surface area contributed by atoms with Gasteiger partial charge in [-0.3, -0.25) is 4.99 Å². The van der Waals surface area contributed by atoms with Crippen molar-refractivity contribution in [2.45, 2.75) is 19.8 Å². The van der Waals surface area contributed by atoms with Gasteiger partial charge in [-0.1, -0.05) is 6.07 Å². The number of guanidine groups is 1. The smallest absolute Gasteiger partial charge is 0.191 e. The molecule has 1 aromatic heterocycles. The number of ether oxygens (including phenoxy) is 1. The van der Waals surface area contributed by atoms with E-state index in [4.69, 9.17) is 4.74 Å². The highest BCUT2D eigenvalue weighted by atomic mass is 127. The SMILES string of the molecule is CCNC(=NCCCOC)NCCc1cccs1.I. The van der Waals surface area contributed by atoms with Gasteiger partial charge in [0.1, 0.15) is 0 Å². The van der Waals surface area contributed by atoms with E-state index in [2.05, 4.69) is 40.1 Å². The number of hydrogen-bond donors (Lipinski definition) is 2. The maximum atomic E-state index is 5.01. The molecule has 4 nitrogen and oxygen atoms in total. The minimum atomic E-state index is 0. The summed E-state index contributed by atoms with van der Waals surface area (Å²) in [6.45, 7) is 5.43. The summed E-state index contributed by atoms with van der Waals surface area (Å²) in [7, 11) is 1.72. The summed E-state index contributed by atoms with van der Waals surface area (Å²) in [6.07, 6.45) is 2.00. The van der Waals surface area contributed by atoms with Gasteiger partial charge in [-0.05, 0) is 31.2 Å². The van der Waals surface area contributed by atoms with Crippen LogP contribution >= 0.6 is 35.3 Å². The fraction of sp³-hybridized carbons (Fsp3) is 0.615. The zero-order chi connectivity index (χ0) is 13.1. The van der Waals surface area contributed by atoms with E-state index in [0.717, 1.165) is 45.0 Å². The van der Waals surface area contributed by atoms with Crippen LogP contribution in [0.1, 0.15) is 18.2 Å². The molecule has 0 unspecified atom stereocenters. The monoisotopic (exact) mass is 397 g/mol. The first-order valence-electron chi connectivity index (χ1n) is 6.40. The topological polar surface area (TPSA) is 45.7 Å².